The lowest BCUT2D eigenvalue weighted by molar-refractivity contribution is 0.301. The van der Waals surface area contributed by atoms with Crippen molar-refractivity contribution in [2.24, 2.45) is 16.5 Å². The zero-order chi connectivity index (χ0) is 24.6. The molecule has 0 amide bonds. The van der Waals surface area contributed by atoms with Crippen molar-refractivity contribution in [1.82, 2.24) is 10.2 Å². The van der Waals surface area contributed by atoms with Gasteiger partial charge in [-0.1, -0.05) is 11.6 Å². The minimum absolute atomic E-state index is 0.0101. The van der Waals surface area contributed by atoms with Crippen molar-refractivity contribution in [2.75, 3.05) is 7.05 Å². The molecule has 3 aromatic rings. The maximum atomic E-state index is 15.5. The number of nitrogens with one attached hydrogen (secondary N) is 1. The van der Waals surface area contributed by atoms with Gasteiger partial charge in [-0.2, -0.15) is 10.4 Å². The monoisotopic (exact) mass is 480 g/mol. The van der Waals surface area contributed by atoms with E-state index in [0.717, 1.165) is 12.8 Å². The lowest BCUT2D eigenvalue weighted by atomic mass is 9.90. The molecule has 0 saturated heterocycles. The number of hydrogen-bond donors (Lipinski definition) is 3. The highest BCUT2D eigenvalue weighted by Gasteiger charge is 2.29. The fourth-order valence-electron chi connectivity index (χ4n) is 3.84. The largest absolute Gasteiger partial charge is 0.489 e. The molecule has 0 aliphatic heterocycles. The zero-order valence-corrected chi connectivity index (χ0v) is 19.3. The van der Waals surface area contributed by atoms with Gasteiger partial charge >= 0.3 is 0 Å². The topological polar surface area (TPSA) is 143 Å². The second-order valence-electron chi connectivity index (χ2n) is 7.92. The first-order valence-corrected chi connectivity index (χ1v) is 10.9. The second kappa shape index (κ2) is 9.25. The second-order valence-corrected chi connectivity index (χ2v) is 8.33. The summed E-state index contributed by atoms with van der Waals surface area (Å²) in [6, 6.07) is 6.77. The lowest BCUT2D eigenvalue weighted by Crippen LogP contribution is -2.16. The molecule has 0 unspecified atom stereocenters. The summed E-state index contributed by atoms with van der Waals surface area (Å²) < 4.78 is 21.4. The van der Waals surface area contributed by atoms with Crippen LogP contribution in [0.1, 0.15) is 40.8 Å². The highest BCUT2D eigenvalue weighted by atomic mass is 35.5. The molecule has 174 valence electrons. The number of aliphatic imine (C=N–C) groups is 1. The number of H-pyrrole nitrogens is 1. The Morgan fingerprint density at radius 3 is 2.76 bits per heavy atom. The molecule has 1 heterocycles. The summed E-state index contributed by atoms with van der Waals surface area (Å²) in [6.07, 6.45) is 3.03. The standard InChI is InChI=1S/C24H22ClFN6O2/c1-11-5-19(34-13-3-4-13)16(9-28)21(22(11)26)23(30-2)15(8-27)12-6-14-18(10-29)31-32-24(33)20(14)17(25)7-12/h5-8,13H,3-4,10,27,29H2,1-2H3,(H,32,33)/b15-8-,30-23?. The van der Waals surface area contributed by atoms with Gasteiger partial charge < -0.3 is 16.2 Å². The van der Waals surface area contributed by atoms with Crippen LogP contribution >= 0.6 is 11.6 Å². The molecule has 34 heavy (non-hydrogen) atoms. The minimum atomic E-state index is -0.604. The summed E-state index contributed by atoms with van der Waals surface area (Å²) in [7, 11) is 1.48. The van der Waals surface area contributed by atoms with Crippen LogP contribution in [0.15, 0.2) is 34.2 Å². The fraction of sp³-hybridized carbons (Fsp3) is 0.250. The maximum Gasteiger partial charge on any atom is 0.273 e. The normalized spacial score (nSPS) is 14.4. The Balaban J connectivity index is 1.95. The van der Waals surface area contributed by atoms with Crippen LogP contribution in [-0.4, -0.2) is 29.1 Å². The molecule has 8 nitrogen and oxygen atoms in total. The molecule has 0 radical (unpaired) electrons. The molecule has 1 aliphatic carbocycles. The average Bonchev–Trinajstić information content (AvgIpc) is 3.64. The summed E-state index contributed by atoms with van der Waals surface area (Å²) in [6.45, 7) is 1.65. The van der Waals surface area contributed by atoms with Gasteiger partial charge in [-0.25, -0.2) is 9.49 Å². The molecule has 1 saturated carbocycles. The van der Waals surface area contributed by atoms with E-state index >= 15 is 4.39 Å². The first kappa shape index (κ1) is 23.4. The van der Waals surface area contributed by atoms with Gasteiger partial charge in [0.2, 0.25) is 0 Å². The number of nitrogens with two attached hydrogens (primary N) is 2. The number of halogens is 2. The predicted octanol–water partition coefficient (Wildman–Crippen LogP) is 3.31. The number of allylic oxidation sites excluding steroid dienone is 1. The van der Waals surface area contributed by atoms with Gasteiger partial charge in [-0.3, -0.25) is 9.79 Å². The molecule has 1 aliphatic rings. The quantitative estimate of drug-likeness (QED) is 0.462. The van der Waals surface area contributed by atoms with Crippen molar-refractivity contribution in [3.05, 3.63) is 73.5 Å². The molecule has 1 aromatic heterocycles. The molecule has 0 atom stereocenters. The average molecular weight is 481 g/mol. The van der Waals surface area contributed by atoms with Crippen LogP contribution in [0.25, 0.3) is 16.3 Å². The smallest absolute Gasteiger partial charge is 0.273 e. The van der Waals surface area contributed by atoms with E-state index in [2.05, 4.69) is 21.3 Å². The first-order chi connectivity index (χ1) is 16.3. The SMILES string of the molecule is CN=C(/C(=C\N)c1cc(Cl)c2c(=O)[nH]nc(CN)c2c1)c1c(F)c(C)cc(OC2CC2)c1C#N. The van der Waals surface area contributed by atoms with Crippen LogP contribution in [0.5, 0.6) is 5.75 Å². The van der Waals surface area contributed by atoms with Crippen molar-refractivity contribution in [1.29, 1.82) is 5.26 Å². The van der Waals surface area contributed by atoms with E-state index in [9.17, 15) is 10.1 Å². The van der Waals surface area contributed by atoms with Crippen LogP contribution in [0, 0.1) is 24.1 Å². The van der Waals surface area contributed by atoms with Crippen molar-refractivity contribution in [3.8, 4) is 11.8 Å². The van der Waals surface area contributed by atoms with Crippen molar-refractivity contribution >= 4 is 33.7 Å². The number of aromatic amines is 1. The number of benzene rings is 2. The number of nitrogens with zero attached hydrogens (tertiary/aromatic N) is 3. The third-order valence-corrected chi connectivity index (χ3v) is 5.94. The van der Waals surface area contributed by atoms with E-state index in [1.54, 1.807) is 13.0 Å². The van der Waals surface area contributed by atoms with Gasteiger partial charge in [-0.15, -0.1) is 0 Å². The zero-order valence-electron chi connectivity index (χ0n) is 18.6. The van der Waals surface area contributed by atoms with Gasteiger partial charge in [0.15, 0.2) is 0 Å². The number of aromatic nitrogens is 2. The van der Waals surface area contributed by atoms with Gasteiger partial charge in [-0.05, 0) is 49.1 Å². The molecule has 0 bridgehead atoms. The maximum absolute atomic E-state index is 15.5. The summed E-state index contributed by atoms with van der Waals surface area (Å²) >= 11 is 6.45. The molecular formula is C24H22ClFN6O2. The van der Waals surface area contributed by atoms with Crippen LogP contribution in [-0.2, 0) is 6.54 Å². The van der Waals surface area contributed by atoms with Crippen molar-refractivity contribution < 1.29 is 9.13 Å². The minimum Gasteiger partial charge on any atom is -0.489 e. The van der Waals surface area contributed by atoms with E-state index in [-0.39, 0.29) is 39.9 Å². The predicted molar refractivity (Wildman–Crippen MR) is 129 cm³/mol. The van der Waals surface area contributed by atoms with Gasteiger partial charge in [0.05, 0.1) is 33.5 Å². The van der Waals surface area contributed by atoms with Crippen LogP contribution in [0.2, 0.25) is 5.02 Å². The highest BCUT2D eigenvalue weighted by molar-refractivity contribution is 6.37. The molecule has 4 rings (SSSR count). The summed E-state index contributed by atoms with van der Waals surface area (Å²) in [5.41, 5.74) is 13.0. The highest BCUT2D eigenvalue weighted by Crippen LogP contribution is 2.36. The Bertz CT molecular complexity index is 1470. The number of hydrogen-bond acceptors (Lipinski definition) is 7. The summed E-state index contributed by atoms with van der Waals surface area (Å²) in [4.78, 5) is 16.6. The Hall–Kier alpha value is -3.74. The third kappa shape index (κ3) is 4.02. The Labute approximate surface area is 199 Å². The van der Waals surface area contributed by atoms with E-state index in [1.165, 1.54) is 25.4 Å². The Morgan fingerprint density at radius 1 is 1.44 bits per heavy atom. The third-order valence-electron chi connectivity index (χ3n) is 5.65. The molecule has 1 fully saturated rings. The van der Waals surface area contributed by atoms with Gasteiger partial charge in [0.1, 0.15) is 23.2 Å². The Morgan fingerprint density at radius 2 is 2.18 bits per heavy atom. The summed E-state index contributed by atoms with van der Waals surface area (Å²) in [5.74, 6) is -0.304. The van der Waals surface area contributed by atoms with Crippen molar-refractivity contribution in [3.63, 3.8) is 0 Å². The molecule has 10 heteroatoms. The van der Waals surface area contributed by atoms with Crippen LogP contribution in [0.4, 0.5) is 4.39 Å². The van der Waals surface area contributed by atoms with Crippen LogP contribution in [0.3, 0.4) is 0 Å². The van der Waals surface area contributed by atoms with E-state index in [0.29, 0.717) is 33.5 Å². The van der Waals surface area contributed by atoms with Gasteiger partial charge in [0, 0.05) is 30.8 Å². The number of fused-ring (bicyclic) bond motifs is 1. The van der Waals surface area contributed by atoms with E-state index < -0.39 is 11.4 Å². The summed E-state index contributed by atoms with van der Waals surface area (Å²) in [5, 5.41) is 17.1. The number of nitriles is 1. The Kier molecular flexibility index (Phi) is 6.37. The van der Waals surface area contributed by atoms with E-state index in [1.807, 2.05) is 0 Å². The van der Waals surface area contributed by atoms with Gasteiger partial charge in [0.25, 0.3) is 5.56 Å². The van der Waals surface area contributed by atoms with Crippen LogP contribution < -0.4 is 21.8 Å². The molecular weight excluding hydrogens is 459 g/mol. The number of ether oxygens (including phenoxy) is 1. The van der Waals surface area contributed by atoms with Crippen molar-refractivity contribution in [2.45, 2.75) is 32.4 Å². The number of aryl methyl sites for hydroxylation is 1. The molecule has 5 N–H and O–H groups in total. The first-order valence-electron chi connectivity index (χ1n) is 10.5. The molecule has 0 spiro atoms. The molecule has 2 aromatic carbocycles. The van der Waals surface area contributed by atoms with E-state index in [4.69, 9.17) is 27.8 Å². The lowest BCUT2D eigenvalue weighted by Gasteiger charge is -2.18. The fourth-order valence-corrected chi connectivity index (χ4v) is 4.15. The number of rotatable bonds is 6.